The summed E-state index contributed by atoms with van der Waals surface area (Å²) in [4.78, 5) is 2.07. The highest BCUT2D eigenvalue weighted by Crippen LogP contribution is 2.22. The monoisotopic (exact) mass is 354 g/mol. The van der Waals surface area contributed by atoms with Gasteiger partial charge in [0.1, 0.15) is 11.9 Å². The maximum absolute atomic E-state index is 5.17. The smallest absolute Gasteiger partial charge is 0.119 e. The molecule has 0 aliphatic carbocycles. The molecule has 2 aromatic rings. The number of benzene rings is 2. The van der Waals surface area contributed by atoms with E-state index in [1.54, 1.807) is 7.11 Å². The number of ether oxygens (including phenoxy) is 1. The number of hydrazone groups is 1. The second-order valence-corrected chi connectivity index (χ2v) is 5.84. The van der Waals surface area contributed by atoms with E-state index in [9.17, 15) is 0 Å². The molecular weight excluding hydrogens is 326 g/mol. The van der Waals surface area contributed by atoms with E-state index in [1.807, 2.05) is 98.6 Å². The minimum Gasteiger partial charge on any atom is -0.497 e. The zero-order valence-electron chi connectivity index (χ0n) is 15.9. The molecule has 6 nitrogen and oxygen atoms in total. The first-order chi connectivity index (χ1) is 12.6. The summed E-state index contributed by atoms with van der Waals surface area (Å²) in [5.41, 5.74) is 3.07. The fourth-order valence-corrected chi connectivity index (χ4v) is 2.25. The zero-order chi connectivity index (χ0) is 18.8. The molecule has 0 aliphatic rings. The molecule has 0 saturated carbocycles. The number of nitrogens with zero attached hydrogens (tertiary/aromatic N) is 3. The van der Waals surface area contributed by atoms with Crippen molar-refractivity contribution in [3.63, 3.8) is 0 Å². The van der Waals surface area contributed by atoms with Crippen LogP contribution in [0.2, 0.25) is 0 Å². The Morgan fingerprint density at radius 2 is 1.65 bits per heavy atom. The molecule has 6 heteroatoms. The van der Waals surface area contributed by atoms with Crippen LogP contribution >= 0.6 is 0 Å². The first kappa shape index (κ1) is 19.3. The molecule has 2 aromatic carbocycles. The summed E-state index contributed by atoms with van der Waals surface area (Å²) in [6.07, 6.45) is 5.92. The van der Waals surface area contributed by atoms with Gasteiger partial charge in [-0.2, -0.15) is 5.10 Å². The summed E-state index contributed by atoms with van der Waals surface area (Å²) in [5, 5.41) is 11.7. The van der Waals surface area contributed by atoms with Gasteiger partial charge in [0.2, 0.25) is 0 Å². The number of methoxy groups -OCH3 is 1. The highest BCUT2D eigenvalue weighted by atomic mass is 16.5. The summed E-state index contributed by atoms with van der Waals surface area (Å²) < 4.78 is 5.17. The van der Waals surface area contributed by atoms with E-state index in [1.165, 1.54) is 0 Å². The van der Waals surface area contributed by atoms with Gasteiger partial charge in [-0.15, -0.1) is 0 Å². The Bertz CT molecular complexity index is 710. The van der Waals surface area contributed by atoms with Gasteiger partial charge >= 0.3 is 0 Å². The number of hydrogen-bond donors (Lipinski definition) is 2. The molecule has 2 rings (SSSR count). The highest BCUT2D eigenvalue weighted by Gasteiger charge is 2.00. The van der Waals surface area contributed by atoms with Crippen molar-refractivity contribution >= 4 is 23.3 Å². The third-order valence-corrected chi connectivity index (χ3v) is 3.78. The molecule has 3 N–H and O–H groups in total. The quantitative estimate of drug-likeness (QED) is 0.536. The lowest BCUT2D eigenvalue weighted by atomic mass is 10.2. The average Bonchev–Trinajstić information content (AvgIpc) is 2.67. The molecule has 0 bridgehead atoms. The van der Waals surface area contributed by atoms with Gasteiger partial charge in [0.25, 0.3) is 0 Å². The van der Waals surface area contributed by atoms with Crippen LogP contribution in [0.4, 0.5) is 17.1 Å². The Hall–Kier alpha value is -2.99. The van der Waals surface area contributed by atoms with Gasteiger partial charge in [-0.1, -0.05) is 0 Å². The fourth-order valence-electron chi connectivity index (χ4n) is 2.25. The third-order valence-electron chi connectivity index (χ3n) is 3.78. The second kappa shape index (κ2) is 10.1. The Labute approximate surface area is 155 Å². The standard InChI is InChI=1S/C20H27N5O/c1-21-13-15-24(2)16-14-22-25(3)19-9-5-17(6-10-19)23-18-7-11-20(26-4)12-8-18/h5-15,21,23H,16H2,1-4H3/p+1/b15-13-,22-14+. The van der Waals surface area contributed by atoms with Crippen molar-refractivity contribution < 1.29 is 10.1 Å². The van der Waals surface area contributed by atoms with Gasteiger partial charge in [0.05, 0.1) is 32.6 Å². The molecule has 0 saturated heterocycles. The maximum atomic E-state index is 5.17. The van der Waals surface area contributed by atoms with E-state index in [4.69, 9.17) is 4.74 Å². The molecule has 0 atom stereocenters. The third kappa shape index (κ3) is 6.14. The van der Waals surface area contributed by atoms with Crippen LogP contribution in [0.25, 0.3) is 0 Å². The van der Waals surface area contributed by atoms with E-state index in [0.29, 0.717) is 0 Å². The van der Waals surface area contributed by atoms with Gasteiger partial charge in [-0.25, -0.2) is 0 Å². The van der Waals surface area contributed by atoms with Crippen LogP contribution < -0.4 is 20.4 Å². The van der Waals surface area contributed by atoms with Gasteiger partial charge < -0.3 is 20.3 Å². The molecule has 26 heavy (non-hydrogen) atoms. The summed E-state index contributed by atoms with van der Waals surface area (Å²) in [6.45, 7) is 0.756. The van der Waals surface area contributed by atoms with Crippen molar-refractivity contribution in [2.24, 2.45) is 5.10 Å². The molecule has 0 fully saturated rings. The van der Waals surface area contributed by atoms with Crippen LogP contribution in [0.5, 0.6) is 5.75 Å². The number of hydrogen-bond acceptors (Lipinski definition) is 5. The topological polar surface area (TPSA) is 56.7 Å². The Morgan fingerprint density at radius 3 is 2.23 bits per heavy atom. The Morgan fingerprint density at radius 1 is 1.04 bits per heavy atom. The van der Waals surface area contributed by atoms with Crippen molar-refractivity contribution in [3.8, 4) is 5.75 Å². The number of quaternary nitrogens is 1. The SMILES string of the molecule is C[NH2+]/C=C\N(C)C/C=N/N(C)c1ccc(Nc2ccc(OC)cc2)cc1. The van der Waals surface area contributed by atoms with E-state index in [0.717, 1.165) is 29.4 Å². The molecule has 0 unspecified atom stereocenters. The van der Waals surface area contributed by atoms with Crippen LogP contribution in [0.1, 0.15) is 0 Å². The molecule has 0 amide bonds. The van der Waals surface area contributed by atoms with E-state index < -0.39 is 0 Å². The van der Waals surface area contributed by atoms with Crippen molar-refractivity contribution in [3.05, 3.63) is 60.9 Å². The predicted octanol–water partition coefficient (Wildman–Crippen LogP) is 2.46. The van der Waals surface area contributed by atoms with Crippen LogP contribution in [0.15, 0.2) is 66.0 Å². The first-order valence-corrected chi connectivity index (χ1v) is 8.56. The summed E-state index contributed by atoms with van der Waals surface area (Å²) >= 11 is 0. The van der Waals surface area contributed by atoms with Gasteiger partial charge in [-0.05, 0) is 48.5 Å². The molecule has 0 aromatic heterocycles. The summed E-state index contributed by atoms with van der Waals surface area (Å²) in [7, 11) is 7.63. The Kier molecular flexibility index (Phi) is 7.51. The minimum atomic E-state index is 0.756. The van der Waals surface area contributed by atoms with Gasteiger partial charge in [0.15, 0.2) is 0 Å². The molecule has 138 valence electrons. The molecule has 0 radical (unpaired) electrons. The van der Waals surface area contributed by atoms with Crippen LogP contribution in [0.3, 0.4) is 0 Å². The highest BCUT2D eigenvalue weighted by molar-refractivity contribution is 5.65. The maximum Gasteiger partial charge on any atom is 0.119 e. The summed E-state index contributed by atoms with van der Waals surface area (Å²) in [5.74, 6) is 0.847. The number of nitrogens with two attached hydrogens (primary N) is 1. The fraction of sp³-hybridized carbons (Fsp3) is 0.250. The van der Waals surface area contributed by atoms with Crippen LogP contribution in [-0.4, -0.2) is 45.9 Å². The van der Waals surface area contributed by atoms with Crippen molar-refractivity contribution in [2.45, 2.75) is 0 Å². The van der Waals surface area contributed by atoms with Crippen molar-refractivity contribution in [1.82, 2.24) is 4.90 Å². The van der Waals surface area contributed by atoms with E-state index >= 15 is 0 Å². The summed E-state index contributed by atoms with van der Waals surface area (Å²) in [6, 6.07) is 16.0. The lowest BCUT2D eigenvalue weighted by molar-refractivity contribution is -0.557. The largest absolute Gasteiger partial charge is 0.497 e. The van der Waals surface area contributed by atoms with E-state index in [2.05, 4.69) is 15.3 Å². The van der Waals surface area contributed by atoms with Crippen molar-refractivity contribution in [2.75, 3.05) is 45.1 Å². The predicted molar refractivity (Wildman–Crippen MR) is 109 cm³/mol. The lowest BCUT2D eigenvalue weighted by Crippen LogP contribution is -2.72. The van der Waals surface area contributed by atoms with E-state index in [-0.39, 0.29) is 0 Å². The number of anilines is 3. The molecule has 0 heterocycles. The lowest BCUT2D eigenvalue weighted by Gasteiger charge is -2.15. The normalized spacial score (nSPS) is 11.1. The van der Waals surface area contributed by atoms with Crippen LogP contribution in [0, 0.1) is 0 Å². The Balaban J connectivity index is 1.90. The van der Waals surface area contributed by atoms with Gasteiger partial charge in [0, 0.05) is 31.7 Å². The van der Waals surface area contributed by atoms with Gasteiger partial charge in [-0.3, -0.25) is 5.01 Å². The molecular formula is C20H28N5O+. The average molecular weight is 354 g/mol. The minimum absolute atomic E-state index is 0.756. The molecule has 0 aliphatic heterocycles. The number of rotatable bonds is 9. The molecule has 0 spiro atoms. The number of nitrogens with one attached hydrogen (secondary N) is 1. The van der Waals surface area contributed by atoms with Crippen LogP contribution in [-0.2, 0) is 0 Å². The zero-order valence-corrected chi connectivity index (χ0v) is 15.9. The van der Waals surface area contributed by atoms with Crippen molar-refractivity contribution in [1.29, 1.82) is 0 Å². The first-order valence-electron chi connectivity index (χ1n) is 8.56. The second-order valence-electron chi connectivity index (χ2n) is 5.84.